The molecule has 0 aromatic carbocycles. The van der Waals surface area contributed by atoms with Crippen LogP contribution in [-0.4, -0.2) is 67.6 Å². The number of aromatic nitrogens is 4. The number of methoxy groups -OCH3 is 1. The van der Waals surface area contributed by atoms with Crippen LogP contribution in [0.15, 0.2) is 18.6 Å². The van der Waals surface area contributed by atoms with Crippen LogP contribution in [0.4, 0.5) is 22.4 Å². The second-order valence-corrected chi connectivity index (χ2v) is 6.37. The number of halogens is 4. The zero-order valence-electron chi connectivity index (χ0n) is 15.4. The first-order valence-corrected chi connectivity index (χ1v) is 8.53. The summed E-state index contributed by atoms with van der Waals surface area (Å²) in [7, 11) is 1.30. The molecule has 14 heteroatoms. The summed E-state index contributed by atoms with van der Waals surface area (Å²) in [4.78, 5) is 31.1. The molecule has 3 heterocycles. The maximum absolute atomic E-state index is 13.5. The Kier molecular flexibility index (Phi) is 5.75. The second-order valence-electron chi connectivity index (χ2n) is 6.37. The van der Waals surface area contributed by atoms with Gasteiger partial charge in [-0.15, -0.1) is 5.10 Å². The van der Waals surface area contributed by atoms with Crippen LogP contribution in [0.3, 0.4) is 0 Å². The molecule has 0 spiro atoms. The Hall–Kier alpha value is -3.45. The van der Waals surface area contributed by atoms with E-state index in [2.05, 4.69) is 20.4 Å². The van der Waals surface area contributed by atoms with Gasteiger partial charge in [-0.3, -0.25) is 9.69 Å². The van der Waals surface area contributed by atoms with Gasteiger partial charge in [-0.1, -0.05) is 0 Å². The smallest absolute Gasteiger partial charge is 0.434 e. The molecule has 162 valence electrons. The molecular weight excluding hydrogens is 416 g/mol. The number of amides is 2. The van der Waals surface area contributed by atoms with E-state index in [1.807, 2.05) is 0 Å². The number of nitrogens with one attached hydrogen (secondary N) is 1. The van der Waals surface area contributed by atoms with Gasteiger partial charge in [0.1, 0.15) is 12.2 Å². The van der Waals surface area contributed by atoms with Crippen molar-refractivity contribution in [3.63, 3.8) is 0 Å². The van der Waals surface area contributed by atoms with Crippen molar-refractivity contribution >= 4 is 12.0 Å². The van der Waals surface area contributed by atoms with Crippen LogP contribution in [0.25, 0.3) is 5.82 Å². The summed E-state index contributed by atoms with van der Waals surface area (Å²) in [5.74, 6) is -0.657. The van der Waals surface area contributed by atoms with Crippen LogP contribution in [-0.2, 0) is 17.5 Å². The molecule has 0 radical (unpaired) electrons. The number of carbonyl (C=O) groups is 2. The highest BCUT2D eigenvalue weighted by molar-refractivity contribution is 5.86. The molecule has 1 fully saturated rings. The minimum absolute atomic E-state index is 0.0213. The van der Waals surface area contributed by atoms with Crippen LogP contribution in [0.1, 0.15) is 17.7 Å². The standard InChI is InChI=1S/C16H16F4N6O4/c1-30-14-8(3-23-13(27)10-2-9(17)7-25(10)15(28)29)6-26(24-14)12-5-21-11(4-22-12)16(18,19)20/h4-6,9-10H,2-3,7H2,1H3,(H,23,27)(H,28,29)/t9-,10-/m1/s1. The molecule has 0 aliphatic carbocycles. The van der Waals surface area contributed by atoms with Gasteiger partial charge in [0.15, 0.2) is 11.5 Å². The third-order valence-electron chi connectivity index (χ3n) is 4.36. The first kappa shape index (κ1) is 21.3. The Morgan fingerprint density at radius 3 is 2.63 bits per heavy atom. The second kappa shape index (κ2) is 8.12. The Balaban J connectivity index is 1.72. The first-order chi connectivity index (χ1) is 14.1. The molecule has 3 rings (SSSR count). The van der Waals surface area contributed by atoms with Gasteiger partial charge < -0.3 is 15.2 Å². The van der Waals surface area contributed by atoms with Gasteiger partial charge in [-0.2, -0.15) is 13.2 Å². The SMILES string of the molecule is COc1nn(-c2cnc(C(F)(F)F)cn2)cc1CNC(=O)[C@H]1C[C@@H](F)CN1C(=O)O. The molecule has 2 amide bonds. The van der Waals surface area contributed by atoms with Crippen molar-refractivity contribution in [2.45, 2.75) is 31.4 Å². The fraction of sp³-hybridized carbons (Fsp3) is 0.438. The fourth-order valence-corrected chi connectivity index (χ4v) is 2.94. The van der Waals surface area contributed by atoms with Crippen LogP contribution in [0.5, 0.6) is 5.88 Å². The highest BCUT2D eigenvalue weighted by Gasteiger charge is 2.40. The molecule has 2 N–H and O–H groups in total. The van der Waals surface area contributed by atoms with Crippen molar-refractivity contribution in [3.8, 4) is 11.7 Å². The topological polar surface area (TPSA) is 122 Å². The third kappa shape index (κ3) is 4.41. The molecule has 0 unspecified atom stereocenters. The molecule has 1 saturated heterocycles. The van der Waals surface area contributed by atoms with Crippen molar-refractivity contribution in [1.29, 1.82) is 0 Å². The van der Waals surface area contributed by atoms with Crippen molar-refractivity contribution in [2.75, 3.05) is 13.7 Å². The summed E-state index contributed by atoms with van der Waals surface area (Å²) in [5.41, 5.74) is -0.826. The van der Waals surface area contributed by atoms with Crippen LogP contribution in [0.2, 0.25) is 0 Å². The number of carboxylic acid groups (broad SMARTS) is 1. The van der Waals surface area contributed by atoms with E-state index in [-0.39, 0.29) is 31.2 Å². The molecule has 10 nitrogen and oxygen atoms in total. The largest absolute Gasteiger partial charge is 0.480 e. The lowest BCUT2D eigenvalue weighted by atomic mass is 10.2. The quantitative estimate of drug-likeness (QED) is 0.685. The normalized spacial score (nSPS) is 19.0. The van der Waals surface area contributed by atoms with Crippen LogP contribution >= 0.6 is 0 Å². The number of alkyl halides is 4. The van der Waals surface area contributed by atoms with E-state index in [1.54, 1.807) is 0 Å². The summed E-state index contributed by atoms with van der Waals surface area (Å²) < 4.78 is 57.5. The first-order valence-electron chi connectivity index (χ1n) is 8.53. The van der Waals surface area contributed by atoms with Gasteiger partial charge in [0, 0.05) is 19.2 Å². The molecule has 2 atom stereocenters. The van der Waals surface area contributed by atoms with Gasteiger partial charge in [0.05, 0.1) is 31.6 Å². The molecular formula is C16H16F4N6O4. The summed E-state index contributed by atoms with van der Waals surface area (Å²) in [5, 5.41) is 15.6. The minimum Gasteiger partial charge on any atom is -0.480 e. The lowest BCUT2D eigenvalue weighted by Gasteiger charge is -2.20. The van der Waals surface area contributed by atoms with Crippen LogP contribution in [0, 0.1) is 0 Å². The van der Waals surface area contributed by atoms with E-state index in [0.717, 1.165) is 15.8 Å². The van der Waals surface area contributed by atoms with Crippen molar-refractivity contribution in [2.24, 2.45) is 0 Å². The summed E-state index contributed by atoms with van der Waals surface area (Å²) >= 11 is 0. The van der Waals surface area contributed by atoms with Gasteiger partial charge in [0.25, 0.3) is 0 Å². The zero-order valence-corrected chi connectivity index (χ0v) is 15.4. The van der Waals surface area contributed by atoms with E-state index in [9.17, 15) is 27.2 Å². The van der Waals surface area contributed by atoms with E-state index >= 15 is 0 Å². The van der Waals surface area contributed by atoms with Crippen molar-refractivity contribution in [3.05, 3.63) is 29.8 Å². The lowest BCUT2D eigenvalue weighted by Crippen LogP contribution is -2.45. The average Bonchev–Trinajstić information content (AvgIpc) is 3.29. The van der Waals surface area contributed by atoms with Gasteiger partial charge in [-0.05, 0) is 0 Å². The predicted molar refractivity (Wildman–Crippen MR) is 90.6 cm³/mol. The van der Waals surface area contributed by atoms with E-state index < -0.39 is 36.1 Å². The maximum atomic E-state index is 13.5. The Morgan fingerprint density at radius 1 is 1.33 bits per heavy atom. The number of rotatable bonds is 5. The molecule has 2 aromatic heterocycles. The van der Waals surface area contributed by atoms with Gasteiger partial charge in [-0.25, -0.2) is 23.8 Å². The maximum Gasteiger partial charge on any atom is 0.434 e. The lowest BCUT2D eigenvalue weighted by molar-refractivity contribution is -0.141. The van der Waals surface area contributed by atoms with Crippen molar-refractivity contribution in [1.82, 2.24) is 30.0 Å². The Morgan fingerprint density at radius 2 is 2.07 bits per heavy atom. The predicted octanol–water partition coefficient (Wildman–Crippen LogP) is 1.40. The van der Waals surface area contributed by atoms with Gasteiger partial charge in [0.2, 0.25) is 11.8 Å². The van der Waals surface area contributed by atoms with Crippen LogP contribution < -0.4 is 10.1 Å². The molecule has 1 aliphatic rings. The highest BCUT2D eigenvalue weighted by Crippen LogP contribution is 2.27. The summed E-state index contributed by atoms with van der Waals surface area (Å²) in [6, 6.07) is -1.17. The average molecular weight is 432 g/mol. The summed E-state index contributed by atoms with van der Waals surface area (Å²) in [6.45, 7) is -0.530. The molecule has 0 saturated carbocycles. The zero-order chi connectivity index (χ0) is 22.1. The summed E-state index contributed by atoms with van der Waals surface area (Å²) in [6.07, 6.45) is -4.94. The fourth-order valence-electron chi connectivity index (χ4n) is 2.94. The third-order valence-corrected chi connectivity index (χ3v) is 4.36. The number of carbonyl (C=O) groups excluding carboxylic acids is 1. The molecule has 1 aliphatic heterocycles. The Bertz CT molecular complexity index is 933. The number of likely N-dealkylation sites (tertiary alicyclic amines) is 1. The Labute approximate surface area is 166 Å². The van der Waals surface area contributed by atoms with E-state index in [1.165, 1.54) is 13.3 Å². The molecule has 30 heavy (non-hydrogen) atoms. The molecule has 2 aromatic rings. The number of ether oxygens (including phenoxy) is 1. The van der Waals surface area contributed by atoms with E-state index in [4.69, 9.17) is 9.84 Å². The number of hydrogen-bond donors (Lipinski definition) is 2. The van der Waals surface area contributed by atoms with Crippen molar-refractivity contribution < 1.29 is 37.0 Å². The molecule has 0 bridgehead atoms. The van der Waals surface area contributed by atoms with E-state index in [0.29, 0.717) is 11.8 Å². The monoisotopic (exact) mass is 432 g/mol. The minimum atomic E-state index is -4.63. The van der Waals surface area contributed by atoms with Gasteiger partial charge >= 0.3 is 12.3 Å². The highest BCUT2D eigenvalue weighted by atomic mass is 19.4. The number of hydrogen-bond acceptors (Lipinski definition) is 6. The number of nitrogens with zero attached hydrogens (tertiary/aromatic N) is 5.